The van der Waals surface area contributed by atoms with Crippen LogP contribution in [0.3, 0.4) is 0 Å². The van der Waals surface area contributed by atoms with Crippen LogP contribution in [0.4, 0.5) is 17.5 Å². The minimum atomic E-state index is 0.440. The maximum Gasteiger partial charge on any atom is 0.244 e. The van der Waals surface area contributed by atoms with Crippen LogP contribution in [0.5, 0.6) is 0 Å². The van der Waals surface area contributed by atoms with Crippen molar-refractivity contribution in [2.75, 3.05) is 17.2 Å². The van der Waals surface area contributed by atoms with Gasteiger partial charge < -0.3 is 10.6 Å². The predicted octanol–water partition coefficient (Wildman–Crippen LogP) is 3.79. The van der Waals surface area contributed by atoms with E-state index in [1.807, 2.05) is 30.3 Å². The molecule has 0 aliphatic heterocycles. The average Bonchev–Trinajstić information content (AvgIpc) is 2.64. The molecule has 1 heterocycles. The first kappa shape index (κ1) is 16.7. The Hall–Kier alpha value is -3.17. The monoisotopic (exact) mass is 350 g/mol. The van der Waals surface area contributed by atoms with Gasteiger partial charge in [0.2, 0.25) is 5.95 Å². The van der Waals surface area contributed by atoms with E-state index in [0.29, 0.717) is 23.9 Å². The molecule has 0 saturated heterocycles. The minimum Gasteiger partial charge on any atom is -0.353 e. The average molecular weight is 351 g/mol. The van der Waals surface area contributed by atoms with Crippen molar-refractivity contribution >= 4 is 29.1 Å². The molecule has 6 nitrogen and oxygen atoms in total. The first-order valence-corrected chi connectivity index (χ1v) is 8.06. The quantitative estimate of drug-likeness (QED) is 0.703. The van der Waals surface area contributed by atoms with Crippen LogP contribution in [0.25, 0.3) is 0 Å². The Bertz CT molecular complexity index is 889. The summed E-state index contributed by atoms with van der Waals surface area (Å²) in [5.41, 5.74) is 2.52. The van der Waals surface area contributed by atoms with Gasteiger partial charge in [0, 0.05) is 17.3 Å². The van der Waals surface area contributed by atoms with Crippen LogP contribution in [0.1, 0.15) is 11.1 Å². The highest BCUT2D eigenvalue weighted by atomic mass is 35.5. The summed E-state index contributed by atoms with van der Waals surface area (Å²) >= 11 is 5.88. The number of nitrogens with one attached hydrogen (secondary N) is 2. The largest absolute Gasteiger partial charge is 0.353 e. The standard InChI is InChI=1S/C18H15ClN6/c19-15-6-4-13(5-7-15)8-9-21-18-24-17(12-22-25-18)23-16-3-1-2-14(10-16)11-20/h1-7,10,12H,8-9H2,(H2,21,23,24,25). The second kappa shape index (κ2) is 8.08. The maximum absolute atomic E-state index is 8.95. The molecule has 1 aromatic heterocycles. The molecular formula is C18H15ClN6. The van der Waals surface area contributed by atoms with Crippen LogP contribution in [-0.4, -0.2) is 21.7 Å². The van der Waals surface area contributed by atoms with Crippen LogP contribution < -0.4 is 10.6 Å². The summed E-state index contributed by atoms with van der Waals surface area (Å²) in [5.74, 6) is 0.995. The Morgan fingerprint density at radius 3 is 2.76 bits per heavy atom. The van der Waals surface area contributed by atoms with Crippen LogP contribution in [0, 0.1) is 11.3 Å². The highest BCUT2D eigenvalue weighted by Gasteiger charge is 2.02. The molecule has 0 unspecified atom stereocenters. The fraction of sp³-hybridized carbons (Fsp3) is 0.111. The molecule has 3 rings (SSSR count). The topological polar surface area (TPSA) is 86.5 Å². The molecule has 7 heteroatoms. The minimum absolute atomic E-state index is 0.440. The first-order chi connectivity index (χ1) is 12.2. The number of rotatable bonds is 6. The molecule has 0 bridgehead atoms. The summed E-state index contributed by atoms with van der Waals surface area (Å²) in [6.45, 7) is 0.677. The van der Waals surface area contributed by atoms with Gasteiger partial charge >= 0.3 is 0 Å². The van der Waals surface area contributed by atoms with Crippen molar-refractivity contribution < 1.29 is 0 Å². The van der Waals surface area contributed by atoms with E-state index in [-0.39, 0.29) is 0 Å². The van der Waals surface area contributed by atoms with Crippen molar-refractivity contribution in [1.29, 1.82) is 5.26 Å². The van der Waals surface area contributed by atoms with Gasteiger partial charge in [-0.1, -0.05) is 29.8 Å². The third kappa shape index (κ3) is 4.90. The molecule has 124 valence electrons. The molecule has 0 aliphatic rings. The van der Waals surface area contributed by atoms with Crippen molar-refractivity contribution in [3.05, 3.63) is 70.9 Å². The fourth-order valence-corrected chi connectivity index (χ4v) is 2.35. The highest BCUT2D eigenvalue weighted by molar-refractivity contribution is 6.30. The molecule has 2 aromatic carbocycles. The summed E-state index contributed by atoms with van der Waals surface area (Å²) < 4.78 is 0. The third-order valence-corrected chi connectivity index (χ3v) is 3.68. The van der Waals surface area contributed by atoms with E-state index < -0.39 is 0 Å². The van der Waals surface area contributed by atoms with E-state index >= 15 is 0 Å². The molecule has 25 heavy (non-hydrogen) atoms. The van der Waals surface area contributed by atoms with Crippen LogP contribution >= 0.6 is 11.6 Å². The maximum atomic E-state index is 8.95. The summed E-state index contributed by atoms with van der Waals surface area (Å²) in [5, 5.41) is 23.8. The van der Waals surface area contributed by atoms with Crippen LogP contribution in [0.15, 0.2) is 54.7 Å². The summed E-state index contributed by atoms with van der Waals surface area (Å²) in [6, 6.07) is 17.0. The molecule has 0 radical (unpaired) electrons. The molecule has 0 atom stereocenters. The molecule has 0 fully saturated rings. The Morgan fingerprint density at radius 2 is 1.96 bits per heavy atom. The normalized spacial score (nSPS) is 10.1. The predicted molar refractivity (Wildman–Crippen MR) is 97.9 cm³/mol. The van der Waals surface area contributed by atoms with Gasteiger partial charge in [0.05, 0.1) is 17.8 Å². The van der Waals surface area contributed by atoms with Gasteiger partial charge in [0.25, 0.3) is 0 Å². The van der Waals surface area contributed by atoms with Gasteiger partial charge in [-0.15, -0.1) is 5.10 Å². The number of aromatic nitrogens is 3. The van der Waals surface area contributed by atoms with Gasteiger partial charge in [0.1, 0.15) is 0 Å². The summed E-state index contributed by atoms with van der Waals surface area (Å²) in [7, 11) is 0. The van der Waals surface area contributed by atoms with Gasteiger partial charge in [-0.05, 0) is 42.3 Å². The number of nitrogens with zero attached hydrogens (tertiary/aromatic N) is 4. The Labute approximate surface area is 150 Å². The number of hydrogen-bond acceptors (Lipinski definition) is 6. The second-order valence-electron chi connectivity index (χ2n) is 5.29. The Morgan fingerprint density at radius 1 is 1.12 bits per heavy atom. The molecule has 3 aromatic rings. The Kier molecular flexibility index (Phi) is 5.39. The number of benzene rings is 2. The molecule has 0 aliphatic carbocycles. The van der Waals surface area contributed by atoms with Crippen molar-refractivity contribution in [1.82, 2.24) is 15.2 Å². The SMILES string of the molecule is N#Cc1cccc(Nc2cnnc(NCCc3ccc(Cl)cc3)n2)c1. The number of anilines is 3. The zero-order valence-corrected chi connectivity index (χ0v) is 14.0. The third-order valence-electron chi connectivity index (χ3n) is 3.43. The fourth-order valence-electron chi connectivity index (χ4n) is 2.22. The zero-order chi connectivity index (χ0) is 17.5. The molecule has 0 spiro atoms. The lowest BCUT2D eigenvalue weighted by molar-refractivity contribution is 0.929. The lowest BCUT2D eigenvalue weighted by atomic mass is 10.1. The van der Waals surface area contributed by atoms with E-state index in [9.17, 15) is 0 Å². The van der Waals surface area contributed by atoms with Crippen molar-refractivity contribution in [2.45, 2.75) is 6.42 Å². The van der Waals surface area contributed by atoms with E-state index in [1.54, 1.807) is 18.2 Å². The van der Waals surface area contributed by atoms with E-state index in [0.717, 1.165) is 17.1 Å². The van der Waals surface area contributed by atoms with Gasteiger partial charge in [0.15, 0.2) is 5.82 Å². The summed E-state index contributed by atoms with van der Waals surface area (Å²) in [4.78, 5) is 4.37. The van der Waals surface area contributed by atoms with Crippen molar-refractivity contribution in [2.24, 2.45) is 0 Å². The molecule has 2 N–H and O–H groups in total. The lowest BCUT2D eigenvalue weighted by Crippen LogP contribution is -2.09. The molecular weight excluding hydrogens is 336 g/mol. The molecule has 0 saturated carbocycles. The van der Waals surface area contributed by atoms with Crippen molar-refractivity contribution in [3.63, 3.8) is 0 Å². The molecule has 0 amide bonds. The van der Waals surface area contributed by atoms with Crippen LogP contribution in [0.2, 0.25) is 5.02 Å². The number of nitriles is 1. The Balaban J connectivity index is 1.59. The highest BCUT2D eigenvalue weighted by Crippen LogP contribution is 2.16. The van der Waals surface area contributed by atoms with Crippen LogP contribution in [-0.2, 0) is 6.42 Å². The summed E-state index contributed by atoms with van der Waals surface area (Å²) in [6.07, 6.45) is 2.35. The van der Waals surface area contributed by atoms with Crippen molar-refractivity contribution in [3.8, 4) is 6.07 Å². The number of halogens is 1. The van der Waals surface area contributed by atoms with Gasteiger partial charge in [-0.3, -0.25) is 0 Å². The van der Waals surface area contributed by atoms with E-state index in [1.165, 1.54) is 11.8 Å². The lowest BCUT2D eigenvalue weighted by Gasteiger charge is -2.08. The number of hydrogen-bond donors (Lipinski definition) is 2. The second-order valence-corrected chi connectivity index (χ2v) is 5.72. The zero-order valence-electron chi connectivity index (χ0n) is 13.3. The van der Waals surface area contributed by atoms with E-state index in [4.69, 9.17) is 16.9 Å². The van der Waals surface area contributed by atoms with Gasteiger partial charge in [-0.25, -0.2) is 0 Å². The first-order valence-electron chi connectivity index (χ1n) is 7.68. The van der Waals surface area contributed by atoms with Gasteiger partial charge in [-0.2, -0.15) is 15.3 Å². The smallest absolute Gasteiger partial charge is 0.244 e. The van der Waals surface area contributed by atoms with E-state index in [2.05, 4.69) is 31.9 Å².